The van der Waals surface area contributed by atoms with Gasteiger partial charge >= 0.3 is 0 Å². The summed E-state index contributed by atoms with van der Waals surface area (Å²) < 4.78 is 2.59. The van der Waals surface area contributed by atoms with Gasteiger partial charge in [-0.3, -0.25) is 0 Å². The fraction of sp³-hybridized carbons (Fsp3) is 0.917. The molecular weight excluding hydrogens is 460 g/mol. The molecule has 0 aliphatic carbocycles. The molecule has 0 saturated heterocycles. The molecule has 0 radical (unpaired) electrons. The minimum absolute atomic E-state index is 0.621. The van der Waals surface area contributed by atoms with Gasteiger partial charge in [0.15, 0.2) is 0 Å². The zero-order chi connectivity index (χ0) is 27.5. The highest BCUT2D eigenvalue weighted by molar-refractivity contribution is 4.90. The number of hydrogen-bond acceptors (Lipinski definition) is 0. The number of H-pyrrole nitrogens is 1. The van der Waals surface area contributed by atoms with Gasteiger partial charge in [0.2, 0.25) is 0 Å². The van der Waals surface area contributed by atoms with Crippen LogP contribution in [0.4, 0.5) is 0 Å². The number of nitrogens with one attached hydrogen (secondary N) is 1. The molecule has 2 nitrogen and oxygen atoms in total. The molecule has 0 bridgehead atoms. The third kappa shape index (κ3) is 18.5. The van der Waals surface area contributed by atoms with Crippen molar-refractivity contribution in [3.8, 4) is 0 Å². The summed E-state index contributed by atoms with van der Waals surface area (Å²) in [5.41, 5.74) is 0. The maximum absolute atomic E-state index is 3.67. The summed E-state index contributed by atoms with van der Waals surface area (Å²) in [6.07, 6.45) is 42.8. The predicted molar refractivity (Wildman–Crippen MR) is 170 cm³/mol. The molecule has 1 rings (SSSR count). The van der Waals surface area contributed by atoms with Crippen molar-refractivity contribution in [3.63, 3.8) is 0 Å². The molecule has 0 aliphatic heterocycles. The van der Waals surface area contributed by atoms with E-state index in [-0.39, 0.29) is 0 Å². The molecule has 224 valence electrons. The van der Waals surface area contributed by atoms with Crippen molar-refractivity contribution in [3.05, 3.63) is 18.2 Å². The highest BCUT2D eigenvalue weighted by atomic mass is 15.1. The van der Waals surface area contributed by atoms with Crippen molar-refractivity contribution in [2.75, 3.05) is 0 Å². The van der Waals surface area contributed by atoms with Gasteiger partial charge < -0.3 is 0 Å². The van der Waals surface area contributed by atoms with Gasteiger partial charge in [-0.05, 0) is 32.6 Å². The van der Waals surface area contributed by atoms with Crippen LogP contribution in [0.1, 0.15) is 219 Å². The van der Waals surface area contributed by atoms with Crippen LogP contribution in [0.3, 0.4) is 0 Å². The topological polar surface area (TPSA) is 19.7 Å². The summed E-state index contributed by atoms with van der Waals surface area (Å²) in [6.45, 7) is 9.41. The van der Waals surface area contributed by atoms with Gasteiger partial charge in [0.1, 0.15) is 12.4 Å². The highest BCUT2D eigenvalue weighted by Crippen LogP contribution is 2.26. The van der Waals surface area contributed by atoms with Crippen LogP contribution in [0.2, 0.25) is 0 Å². The first-order valence-electron chi connectivity index (χ1n) is 17.8. The first-order chi connectivity index (χ1) is 18.7. The van der Waals surface area contributed by atoms with E-state index in [1.165, 1.54) is 179 Å². The molecule has 1 N–H and O–H groups in total. The number of aromatic amines is 1. The lowest BCUT2D eigenvalue weighted by atomic mass is 9.94. The average molecular weight is 532 g/mol. The minimum atomic E-state index is 0.621. The second kappa shape index (κ2) is 26.4. The van der Waals surface area contributed by atoms with Crippen molar-refractivity contribution >= 4 is 0 Å². The summed E-state index contributed by atoms with van der Waals surface area (Å²) >= 11 is 0. The molecule has 0 saturated carbocycles. The zero-order valence-corrected chi connectivity index (χ0v) is 26.8. The van der Waals surface area contributed by atoms with Gasteiger partial charge in [0.25, 0.3) is 5.82 Å². The van der Waals surface area contributed by atoms with E-state index in [1.54, 1.807) is 0 Å². The second-order valence-electron chi connectivity index (χ2n) is 12.6. The van der Waals surface area contributed by atoms with E-state index in [4.69, 9.17) is 0 Å². The lowest BCUT2D eigenvalue weighted by Crippen LogP contribution is -2.41. The predicted octanol–water partition coefficient (Wildman–Crippen LogP) is 12.5. The third-order valence-corrected chi connectivity index (χ3v) is 8.87. The first-order valence-corrected chi connectivity index (χ1v) is 17.8. The maximum Gasteiger partial charge on any atom is 0.257 e. The highest BCUT2D eigenvalue weighted by Gasteiger charge is 2.24. The summed E-state index contributed by atoms with van der Waals surface area (Å²) in [5, 5.41) is 0. The summed E-state index contributed by atoms with van der Waals surface area (Å²) in [6, 6.07) is 0.621. The smallest absolute Gasteiger partial charge is 0.247 e. The monoisotopic (exact) mass is 532 g/mol. The zero-order valence-electron chi connectivity index (χ0n) is 26.8. The van der Waals surface area contributed by atoms with Crippen molar-refractivity contribution < 1.29 is 4.57 Å². The molecule has 2 heteroatoms. The largest absolute Gasteiger partial charge is 0.257 e. The number of rotatable bonds is 29. The van der Waals surface area contributed by atoms with Crippen molar-refractivity contribution in [1.82, 2.24) is 4.98 Å². The molecule has 1 aromatic rings. The van der Waals surface area contributed by atoms with Crippen LogP contribution in [0.15, 0.2) is 12.4 Å². The number of hydrogen-bond donors (Lipinski definition) is 1. The standard InChI is InChI=1S/C36H70N2/c1-5-8-10-12-14-16-17-18-19-20-22-23-25-27-30-34(4)38-33-32-37-36(38)35(29-7-3)31-28-26-24-21-15-13-11-9-6-2/h32-35H,5-31H2,1-4H3/p+1. The van der Waals surface area contributed by atoms with Gasteiger partial charge in [-0.15, -0.1) is 0 Å². The molecule has 1 heterocycles. The van der Waals surface area contributed by atoms with Gasteiger partial charge in [0.05, 0.1) is 12.0 Å². The van der Waals surface area contributed by atoms with Crippen LogP contribution in [-0.2, 0) is 0 Å². The van der Waals surface area contributed by atoms with Crippen LogP contribution < -0.4 is 4.57 Å². The molecule has 0 aromatic carbocycles. The molecule has 2 atom stereocenters. The van der Waals surface area contributed by atoms with Gasteiger partial charge in [0, 0.05) is 0 Å². The van der Waals surface area contributed by atoms with Gasteiger partial charge in [-0.2, -0.15) is 0 Å². The number of nitrogens with zero attached hydrogens (tertiary/aromatic N) is 1. The molecule has 0 aliphatic rings. The van der Waals surface area contributed by atoms with Gasteiger partial charge in [-0.25, -0.2) is 9.55 Å². The number of unbranched alkanes of at least 4 members (excludes halogenated alkanes) is 21. The molecule has 38 heavy (non-hydrogen) atoms. The molecular formula is C36H71N2+. The average Bonchev–Trinajstić information content (AvgIpc) is 3.41. The van der Waals surface area contributed by atoms with E-state index in [1.807, 2.05) is 0 Å². The fourth-order valence-electron chi connectivity index (χ4n) is 6.31. The van der Waals surface area contributed by atoms with Crippen molar-refractivity contribution in [1.29, 1.82) is 0 Å². The Morgan fingerprint density at radius 3 is 1.32 bits per heavy atom. The Labute approximate surface area is 240 Å². The van der Waals surface area contributed by atoms with E-state index >= 15 is 0 Å². The molecule has 1 aromatic heterocycles. The van der Waals surface area contributed by atoms with E-state index < -0.39 is 0 Å². The molecule has 0 spiro atoms. The summed E-state index contributed by atoms with van der Waals surface area (Å²) in [7, 11) is 0. The number of aromatic nitrogens is 2. The van der Waals surface area contributed by atoms with Crippen LogP contribution in [0, 0.1) is 0 Å². The molecule has 0 fully saturated rings. The summed E-state index contributed by atoms with van der Waals surface area (Å²) in [4.78, 5) is 3.67. The quantitative estimate of drug-likeness (QED) is 0.0783. The second-order valence-corrected chi connectivity index (χ2v) is 12.6. The summed E-state index contributed by atoms with van der Waals surface area (Å²) in [5.74, 6) is 2.21. The van der Waals surface area contributed by atoms with Crippen LogP contribution in [0.25, 0.3) is 0 Å². The van der Waals surface area contributed by atoms with Crippen molar-refractivity contribution in [2.24, 2.45) is 0 Å². The Morgan fingerprint density at radius 1 is 0.500 bits per heavy atom. The van der Waals surface area contributed by atoms with Crippen LogP contribution in [-0.4, -0.2) is 4.98 Å². The first kappa shape index (κ1) is 35.2. The van der Waals surface area contributed by atoms with E-state index in [9.17, 15) is 0 Å². The van der Waals surface area contributed by atoms with Crippen molar-refractivity contribution in [2.45, 2.75) is 213 Å². The maximum atomic E-state index is 3.67. The SMILES string of the molecule is CCCCCCCCCCCCCCCCC(C)[n+]1cc[nH]c1C(CCC)CCCCCCCCCCC. The minimum Gasteiger partial charge on any atom is -0.247 e. The van der Waals surface area contributed by atoms with E-state index in [0.29, 0.717) is 12.0 Å². The lowest BCUT2D eigenvalue weighted by molar-refractivity contribution is -0.727. The Hall–Kier alpha value is -0.790. The van der Waals surface area contributed by atoms with Gasteiger partial charge in [-0.1, -0.05) is 168 Å². The third-order valence-electron chi connectivity index (χ3n) is 8.87. The number of imidazole rings is 1. The molecule has 2 unspecified atom stereocenters. The lowest BCUT2D eigenvalue weighted by Gasteiger charge is -2.16. The van der Waals surface area contributed by atoms with E-state index in [2.05, 4.69) is 49.6 Å². The Balaban J connectivity index is 2.15. The fourth-order valence-corrected chi connectivity index (χ4v) is 6.31. The van der Waals surface area contributed by atoms with Crippen LogP contribution in [0.5, 0.6) is 0 Å². The Kier molecular flexibility index (Phi) is 24.5. The molecule has 0 amide bonds. The Morgan fingerprint density at radius 2 is 0.895 bits per heavy atom. The van der Waals surface area contributed by atoms with Crippen LogP contribution >= 0.6 is 0 Å². The van der Waals surface area contributed by atoms with E-state index in [0.717, 1.165) is 0 Å². The normalized spacial score (nSPS) is 13.3. The Bertz CT molecular complexity index is 592.